The maximum Gasteiger partial charge on any atom is 0.206 e. The van der Waals surface area contributed by atoms with Gasteiger partial charge in [0.25, 0.3) is 0 Å². The molecule has 1 aromatic rings. The molecular formula is C7H12N2O2W. The van der Waals surface area contributed by atoms with Gasteiger partial charge in [-0.2, -0.15) is 5.10 Å². The average molecular weight is 340 g/mol. The summed E-state index contributed by atoms with van der Waals surface area (Å²) in [6, 6.07) is 1.47. The fraction of sp³-hybridized carbons (Fsp3) is 0.571. The number of aromatic hydroxyl groups is 1. The quantitative estimate of drug-likeness (QED) is 0.738. The molecule has 0 aromatic carbocycles. The van der Waals surface area contributed by atoms with E-state index in [9.17, 15) is 0 Å². The first-order valence-electron chi connectivity index (χ1n) is 3.65. The van der Waals surface area contributed by atoms with E-state index < -0.39 is 0 Å². The second kappa shape index (κ2) is 7.32. The molecule has 1 fully saturated rings. The van der Waals surface area contributed by atoms with Crippen molar-refractivity contribution in [2.75, 3.05) is 13.2 Å². The van der Waals surface area contributed by atoms with Crippen LogP contribution >= 0.6 is 0 Å². The Morgan fingerprint density at radius 1 is 1.42 bits per heavy atom. The number of H-pyrrole nitrogens is 1. The van der Waals surface area contributed by atoms with Crippen LogP contribution in [0.2, 0.25) is 0 Å². The number of nitrogens with zero attached hydrogens (tertiary/aromatic N) is 1. The molecule has 0 atom stereocenters. The molecule has 0 saturated carbocycles. The Bertz CT molecular complexity index is 168. The van der Waals surface area contributed by atoms with Crippen molar-refractivity contribution in [3.63, 3.8) is 0 Å². The van der Waals surface area contributed by atoms with Crippen LogP contribution in [0.3, 0.4) is 0 Å². The van der Waals surface area contributed by atoms with Crippen molar-refractivity contribution in [1.29, 1.82) is 0 Å². The van der Waals surface area contributed by atoms with Gasteiger partial charge in [-0.15, -0.1) is 0 Å². The zero-order valence-electron chi connectivity index (χ0n) is 6.69. The van der Waals surface area contributed by atoms with E-state index in [4.69, 9.17) is 9.84 Å². The molecule has 68 valence electrons. The fourth-order valence-electron chi connectivity index (χ4n) is 0.759. The summed E-state index contributed by atoms with van der Waals surface area (Å²) in [5.41, 5.74) is 0. The second-order valence-electron chi connectivity index (χ2n) is 2.26. The third kappa shape index (κ3) is 5.33. The van der Waals surface area contributed by atoms with Crippen molar-refractivity contribution >= 4 is 0 Å². The summed E-state index contributed by atoms with van der Waals surface area (Å²) in [6.07, 6.45) is 4.04. The van der Waals surface area contributed by atoms with Gasteiger partial charge in [-0.3, -0.25) is 0 Å². The number of aromatic amines is 1. The van der Waals surface area contributed by atoms with E-state index in [-0.39, 0.29) is 26.9 Å². The van der Waals surface area contributed by atoms with E-state index in [0.717, 1.165) is 13.2 Å². The molecule has 1 saturated heterocycles. The van der Waals surface area contributed by atoms with Crippen molar-refractivity contribution in [1.82, 2.24) is 10.2 Å². The topological polar surface area (TPSA) is 58.1 Å². The minimum absolute atomic E-state index is 0. The van der Waals surface area contributed by atoms with Crippen molar-refractivity contribution in [3.05, 3.63) is 12.3 Å². The van der Waals surface area contributed by atoms with Crippen LogP contribution in [0.1, 0.15) is 12.8 Å². The molecule has 0 spiro atoms. The predicted molar refractivity (Wildman–Crippen MR) is 40.3 cm³/mol. The third-order valence-electron chi connectivity index (χ3n) is 1.31. The summed E-state index contributed by atoms with van der Waals surface area (Å²) >= 11 is 0. The van der Waals surface area contributed by atoms with E-state index in [0.29, 0.717) is 0 Å². The van der Waals surface area contributed by atoms with Crippen LogP contribution in [-0.2, 0) is 25.8 Å². The van der Waals surface area contributed by atoms with Gasteiger partial charge in [0.1, 0.15) is 0 Å². The summed E-state index contributed by atoms with van der Waals surface area (Å²) < 4.78 is 4.94. The fourth-order valence-corrected chi connectivity index (χ4v) is 0.759. The van der Waals surface area contributed by atoms with Crippen LogP contribution in [-0.4, -0.2) is 28.5 Å². The Morgan fingerprint density at radius 3 is 2.25 bits per heavy atom. The molecule has 4 nitrogen and oxygen atoms in total. The first-order chi connectivity index (χ1) is 5.39. The summed E-state index contributed by atoms with van der Waals surface area (Å²) in [6.45, 7) is 2.00. The predicted octanol–water partition coefficient (Wildman–Crippen LogP) is 0.910. The van der Waals surface area contributed by atoms with Gasteiger partial charge in [0, 0.05) is 40.3 Å². The van der Waals surface area contributed by atoms with Gasteiger partial charge in [-0.05, 0) is 12.8 Å². The van der Waals surface area contributed by atoms with Gasteiger partial charge < -0.3 is 9.84 Å². The number of rotatable bonds is 0. The molecule has 0 radical (unpaired) electrons. The van der Waals surface area contributed by atoms with Crippen molar-refractivity contribution < 1.29 is 30.9 Å². The normalized spacial score (nSPS) is 14.3. The van der Waals surface area contributed by atoms with Gasteiger partial charge in [-0.25, -0.2) is 5.10 Å². The van der Waals surface area contributed by atoms with Crippen LogP contribution in [0.4, 0.5) is 0 Å². The van der Waals surface area contributed by atoms with Gasteiger partial charge in [0.15, 0.2) is 0 Å². The van der Waals surface area contributed by atoms with Gasteiger partial charge in [0.05, 0.1) is 6.20 Å². The Balaban J connectivity index is 0.000000189. The van der Waals surface area contributed by atoms with E-state index in [1.165, 1.54) is 25.1 Å². The Hall–Kier alpha value is -0.342. The van der Waals surface area contributed by atoms with E-state index in [1.807, 2.05) is 0 Å². The largest absolute Gasteiger partial charge is 0.494 e. The molecule has 1 aromatic heterocycles. The summed E-state index contributed by atoms with van der Waals surface area (Å²) in [7, 11) is 0. The third-order valence-corrected chi connectivity index (χ3v) is 1.31. The molecule has 0 amide bonds. The van der Waals surface area contributed by atoms with Crippen LogP contribution < -0.4 is 0 Å². The summed E-state index contributed by atoms with van der Waals surface area (Å²) in [5.74, 6) is 0.106. The van der Waals surface area contributed by atoms with Crippen molar-refractivity contribution in [2.45, 2.75) is 12.8 Å². The number of nitrogens with one attached hydrogen (secondary N) is 1. The van der Waals surface area contributed by atoms with Gasteiger partial charge >= 0.3 is 0 Å². The number of aromatic nitrogens is 2. The monoisotopic (exact) mass is 340 g/mol. The molecule has 0 aliphatic carbocycles. The number of hydrogen-bond donors (Lipinski definition) is 2. The number of hydrogen-bond acceptors (Lipinski definition) is 3. The molecule has 2 N–H and O–H groups in total. The molecule has 2 heterocycles. The second-order valence-corrected chi connectivity index (χ2v) is 2.26. The minimum Gasteiger partial charge on any atom is -0.494 e. The number of ether oxygens (including phenoxy) is 1. The summed E-state index contributed by atoms with van der Waals surface area (Å²) in [4.78, 5) is 0. The maximum absolute atomic E-state index is 8.35. The van der Waals surface area contributed by atoms with Gasteiger partial charge in [-0.1, -0.05) is 0 Å². The first kappa shape index (κ1) is 11.7. The molecule has 0 bridgehead atoms. The molecule has 1 aliphatic heterocycles. The van der Waals surface area contributed by atoms with Gasteiger partial charge in [0.2, 0.25) is 5.88 Å². The summed E-state index contributed by atoms with van der Waals surface area (Å²) in [5, 5.41) is 14.1. The Morgan fingerprint density at radius 2 is 2.08 bits per heavy atom. The van der Waals surface area contributed by atoms with E-state index >= 15 is 0 Å². The standard InChI is InChI=1S/C4H8O.C3H4N2O.W/c1-2-4-5-3-1;6-3-1-2-4-5-3;/h1-4H2;1-2H,(H2,4,5,6);. The molecule has 5 heteroatoms. The van der Waals surface area contributed by atoms with E-state index in [2.05, 4.69) is 10.2 Å². The van der Waals surface area contributed by atoms with Crippen LogP contribution in [0.15, 0.2) is 12.3 Å². The SMILES string of the molecule is C1CCOC1.Oc1ccn[nH]1.[W]. The smallest absolute Gasteiger partial charge is 0.206 e. The van der Waals surface area contributed by atoms with Crippen LogP contribution in [0.25, 0.3) is 0 Å². The van der Waals surface area contributed by atoms with Crippen LogP contribution in [0.5, 0.6) is 5.88 Å². The molecule has 0 unspecified atom stereocenters. The molecule has 12 heavy (non-hydrogen) atoms. The first-order valence-corrected chi connectivity index (χ1v) is 3.65. The van der Waals surface area contributed by atoms with Crippen LogP contribution in [0, 0.1) is 0 Å². The average Bonchev–Trinajstić information content (AvgIpc) is 2.57. The Labute approximate surface area is 85.6 Å². The van der Waals surface area contributed by atoms with Crippen molar-refractivity contribution in [3.8, 4) is 5.88 Å². The molecule has 1 aliphatic rings. The van der Waals surface area contributed by atoms with E-state index in [1.54, 1.807) is 0 Å². The minimum atomic E-state index is 0. The Kier molecular flexibility index (Phi) is 7.11. The maximum atomic E-state index is 8.35. The zero-order valence-corrected chi connectivity index (χ0v) is 9.63. The van der Waals surface area contributed by atoms with Crippen molar-refractivity contribution in [2.24, 2.45) is 0 Å². The zero-order chi connectivity index (χ0) is 7.94. The molecule has 2 rings (SSSR count). The molecular weight excluding hydrogens is 328 g/mol.